The second kappa shape index (κ2) is 9.89. The van der Waals surface area contributed by atoms with Crippen molar-refractivity contribution in [3.8, 4) is 0 Å². The molecule has 1 aliphatic heterocycles. The summed E-state index contributed by atoms with van der Waals surface area (Å²) in [6, 6.07) is 16.1. The lowest BCUT2D eigenvalue weighted by Crippen LogP contribution is -2.33. The van der Waals surface area contributed by atoms with E-state index in [0.717, 1.165) is 58.4 Å². The van der Waals surface area contributed by atoms with Crippen LogP contribution in [-0.2, 0) is 26.6 Å². The molecule has 0 saturated carbocycles. The van der Waals surface area contributed by atoms with Crippen LogP contribution in [-0.4, -0.2) is 37.6 Å². The molecule has 1 aliphatic carbocycles. The Kier molecular flexibility index (Phi) is 6.27. The Labute approximate surface area is 223 Å². The van der Waals surface area contributed by atoms with Crippen LogP contribution < -0.4 is 4.90 Å². The minimum Gasteiger partial charge on any atom is -0.355 e. The quantitative estimate of drug-likeness (QED) is 0.350. The Hall–Kier alpha value is -4.26. The Morgan fingerprint density at radius 3 is 2.66 bits per heavy atom. The summed E-state index contributed by atoms with van der Waals surface area (Å²) in [5.41, 5.74) is 6.35. The van der Waals surface area contributed by atoms with Crippen molar-refractivity contribution in [3.05, 3.63) is 107 Å². The number of carbonyl (C=O) groups is 1. The molecule has 6 rings (SSSR count). The Balaban J connectivity index is 1.41. The molecule has 2 aromatic carbocycles. The molecule has 192 valence electrons. The van der Waals surface area contributed by atoms with Gasteiger partial charge in [0.15, 0.2) is 5.82 Å². The molecule has 0 fully saturated rings. The van der Waals surface area contributed by atoms with Crippen molar-refractivity contribution in [1.29, 1.82) is 0 Å². The number of fused-ring (bicyclic) bond motifs is 3. The molecule has 0 radical (unpaired) electrons. The van der Waals surface area contributed by atoms with Gasteiger partial charge < -0.3 is 9.80 Å². The number of aryl methyl sites for hydroxylation is 1. The first-order chi connectivity index (χ1) is 18.5. The summed E-state index contributed by atoms with van der Waals surface area (Å²) in [5.74, 6) is 1.76. The van der Waals surface area contributed by atoms with E-state index in [-0.39, 0.29) is 11.8 Å². The van der Waals surface area contributed by atoms with Crippen LogP contribution in [0, 0.1) is 5.92 Å². The third-order valence-corrected chi connectivity index (χ3v) is 7.61. The fourth-order valence-corrected chi connectivity index (χ4v) is 5.69. The first kappa shape index (κ1) is 24.1. The van der Waals surface area contributed by atoms with Crippen molar-refractivity contribution in [2.75, 3.05) is 11.9 Å². The van der Waals surface area contributed by atoms with Crippen LogP contribution in [0.15, 0.2) is 84.3 Å². The highest BCUT2D eigenvalue weighted by atomic mass is 16.2. The van der Waals surface area contributed by atoms with Crippen molar-refractivity contribution in [1.82, 2.24) is 24.6 Å². The lowest BCUT2D eigenvalue weighted by molar-refractivity contribution is 0.0781. The Morgan fingerprint density at radius 1 is 1.03 bits per heavy atom. The molecular weight excluding hydrogens is 472 g/mol. The number of allylic oxidation sites excluding steroid dienone is 4. The summed E-state index contributed by atoms with van der Waals surface area (Å²) >= 11 is 0. The summed E-state index contributed by atoms with van der Waals surface area (Å²) in [4.78, 5) is 28.0. The fourth-order valence-electron chi connectivity index (χ4n) is 5.69. The van der Waals surface area contributed by atoms with Crippen molar-refractivity contribution >= 4 is 22.6 Å². The average Bonchev–Trinajstić information content (AvgIpc) is 3.30. The number of aromatic nitrogens is 4. The molecule has 0 N–H and O–H groups in total. The lowest BCUT2D eigenvalue weighted by Gasteiger charge is -2.31. The Bertz CT molecular complexity index is 1580. The van der Waals surface area contributed by atoms with E-state index in [0.29, 0.717) is 18.9 Å². The summed E-state index contributed by atoms with van der Waals surface area (Å²) in [6.45, 7) is 3.19. The number of para-hydroxylation sites is 1. The first-order valence-corrected chi connectivity index (χ1v) is 13.2. The van der Waals surface area contributed by atoms with Gasteiger partial charge in [-0.1, -0.05) is 48.9 Å². The van der Waals surface area contributed by atoms with Crippen LogP contribution >= 0.6 is 0 Å². The highest BCUT2D eigenvalue weighted by molar-refractivity contribution is 5.97. The first-order valence-electron chi connectivity index (χ1n) is 13.2. The standard InChI is InChI=1S/C31H32N6O/c1-4-21-13-14-28-24(15-21)16-23-9-5-6-10-25(23)31(38)37(28)20-29-33-27-12-8-7-11-26(27)30(34-29)35(2)18-22-17-32-36(3)19-22/h5-14,17,19,24H,4,15-16,18,20H2,1-3H3. The molecule has 0 saturated heterocycles. The molecular formula is C31H32N6O. The van der Waals surface area contributed by atoms with Crippen LogP contribution in [0.4, 0.5) is 5.82 Å². The maximum absolute atomic E-state index is 14.0. The molecule has 1 atom stereocenters. The van der Waals surface area contributed by atoms with E-state index in [9.17, 15) is 4.79 Å². The van der Waals surface area contributed by atoms with Gasteiger partial charge in [0.25, 0.3) is 5.91 Å². The smallest absolute Gasteiger partial charge is 0.258 e. The molecule has 0 spiro atoms. The van der Waals surface area contributed by atoms with E-state index in [1.807, 2.05) is 72.5 Å². The fraction of sp³-hybridized carbons (Fsp3) is 0.290. The summed E-state index contributed by atoms with van der Waals surface area (Å²) in [5, 5.41) is 5.29. The van der Waals surface area contributed by atoms with Crippen molar-refractivity contribution in [2.45, 2.75) is 39.3 Å². The van der Waals surface area contributed by atoms with Crippen LogP contribution in [0.3, 0.4) is 0 Å². The van der Waals surface area contributed by atoms with Gasteiger partial charge in [0.1, 0.15) is 5.82 Å². The summed E-state index contributed by atoms with van der Waals surface area (Å²) in [6.07, 6.45) is 11.1. The third-order valence-electron chi connectivity index (χ3n) is 7.61. The molecule has 1 amide bonds. The molecule has 2 aliphatic rings. The van der Waals surface area contributed by atoms with Crippen molar-refractivity contribution < 1.29 is 4.79 Å². The second-order valence-electron chi connectivity index (χ2n) is 10.3. The minimum atomic E-state index is 0.0183. The maximum atomic E-state index is 14.0. The van der Waals surface area contributed by atoms with E-state index < -0.39 is 0 Å². The molecule has 4 aromatic rings. The zero-order chi connectivity index (χ0) is 26.2. The summed E-state index contributed by atoms with van der Waals surface area (Å²) in [7, 11) is 3.96. The topological polar surface area (TPSA) is 67.2 Å². The zero-order valence-corrected chi connectivity index (χ0v) is 22.1. The molecule has 3 heterocycles. The van der Waals surface area contributed by atoms with Gasteiger partial charge in [0.05, 0.1) is 18.3 Å². The Morgan fingerprint density at radius 2 is 1.84 bits per heavy atom. The normalized spacial score (nSPS) is 17.0. The van der Waals surface area contributed by atoms with Gasteiger partial charge in [-0.3, -0.25) is 9.48 Å². The second-order valence-corrected chi connectivity index (χ2v) is 10.3. The van der Waals surface area contributed by atoms with Gasteiger partial charge in [-0.05, 0) is 49.1 Å². The molecule has 1 unspecified atom stereocenters. The molecule has 2 aromatic heterocycles. The van der Waals surface area contributed by atoms with Crippen molar-refractivity contribution in [2.24, 2.45) is 13.0 Å². The van der Waals surface area contributed by atoms with Gasteiger partial charge in [-0.15, -0.1) is 0 Å². The van der Waals surface area contributed by atoms with Crippen LogP contribution in [0.1, 0.15) is 47.1 Å². The van der Waals surface area contributed by atoms with E-state index in [1.54, 1.807) is 0 Å². The van der Waals surface area contributed by atoms with Crippen LogP contribution in [0.5, 0.6) is 0 Å². The number of hydrogen-bond acceptors (Lipinski definition) is 5. The maximum Gasteiger partial charge on any atom is 0.258 e. The van der Waals surface area contributed by atoms with E-state index in [4.69, 9.17) is 9.97 Å². The highest BCUT2D eigenvalue weighted by Crippen LogP contribution is 2.37. The van der Waals surface area contributed by atoms with Gasteiger partial charge in [-0.25, -0.2) is 9.97 Å². The van der Waals surface area contributed by atoms with E-state index in [1.165, 1.54) is 5.57 Å². The minimum absolute atomic E-state index is 0.0183. The number of anilines is 1. The number of nitrogens with zero attached hydrogens (tertiary/aromatic N) is 6. The average molecular weight is 505 g/mol. The van der Waals surface area contributed by atoms with Gasteiger partial charge in [0, 0.05) is 55.0 Å². The third kappa shape index (κ3) is 4.49. The number of amides is 1. The van der Waals surface area contributed by atoms with E-state index >= 15 is 0 Å². The SMILES string of the molecule is CCC1=CC=C2C(C1)Cc1ccccc1C(=O)N2Cc1nc(N(C)Cc2cnn(C)c2)c2ccccc2n1. The summed E-state index contributed by atoms with van der Waals surface area (Å²) < 4.78 is 1.81. The van der Waals surface area contributed by atoms with Gasteiger partial charge >= 0.3 is 0 Å². The highest BCUT2D eigenvalue weighted by Gasteiger charge is 2.34. The monoisotopic (exact) mass is 504 g/mol. The largest absolute Gasteiger partial charge is 0.355 e. The van der Waals surface area contributed by atoms with E-state index in [2.05, 4.69) is 41.2 Å². The molecule has 0 bridgehead atoms. The van der Waals surface area contributed by atoms with Crippen LogP contribution in [0.25, 0.3) is 10.9 Å². The predicted molar refractivity (Wildman–Crippen MR) is 149 cm³/mol. The van der Waals surface area contributed by atoms with Crippen molar-refractivity contribution in [3.63, 3.8) is 0 Å². The number of hydrogen-bond donors (Lipinski definition) is 0. The van der Waals surface area contributed by atoms with Gasteiger partial charge in [0.2, 0.25) is 0 Å². The predicted octanol–water partition coefficient (Wildman–Crippen LogP) is 5.44. The number of rotatable bonds is 6. The van der Waals surface area contributed by atoms with Crippen LogP contribution in [0.2, 0.25) is 0 Å². The van der Waals surface area contributed by atoms with Gasteiger partial charge in [-0.2, -0.15) is 5.10 Å². The zero-order valence-electron chi connectivity index (χ0n) is 22.1. The molecule has 7 nitrogen and oxygen atoms in total. The number of benzene rings is 2. The molecule has 38 heavy (non-hydrogen) atoms. The molecule has 7 heteroatoms. The lowest BCUT2D eigenvalue weighted by atomic mass is 9.85. The number of carbonyl (C=O) groups excluding carboxylic acids is 1.